The van der Waals surface area contributed by atoms with E-state index >= 15 is 0 Å². The van der Waals surface area contributed by atoms with Crippen LogP contribution in [0.3, 0.4) is 0 Å². The van der Waals surface area contributed by atoms with Crippen LogP contribution in [-0.2, 0) is 13.0 Å². The maximum absolute atomic E-state index is 9.37. The van der Waals surface area contributed by atoms with Crippen molar-refractivity contribution in [3.05, 3.63) is 59.0 Å². The molecule has 1 heterocycles. The molecule has 20 heavy (non-hydrogen) atoms. The number of fused-ring (bicyclic) bond motifs is 1. The summed E-state index contributed by atoms with van der Waals surface area (Å²) in [5, 5.41) is 9.37. The SMILES string of the molecule is Cc1ccoc1CN(CCO)C1CCc2ccccc21. The van der Waals surface area contributed by atoms with Gasteiger partial charge >= 0.3 is 0 Å². The maximum atomic E-state index is 9.37. The van der Waals surface area contributed by atoms with Gasteiger partial charge in [-0.15, -0.1) is 0 Å². The van der Waals surface area contributed by atoms with Gasteiger partial charge in [0.1, 0.15) is 5.76 Å². The molecule has 0 bridgehead atoms. The number of hydrogen-bond acceptors (Lipinski definition) is 3. The van der Waals surface area contributed by atoms with E-state index in [4.69, 9.17) is 4.42 Å². The van der Waals surface area contributed by atoms with Crippen molar-refractivity contribution in [3.8, 4) is 0 Å². The molecule has 1 unspecified atom stereocenters. The minimum absolute atomic E-state index is 0.179. The van der Waals surface area contributed by atoms with Crippen molar-refractivity contribution in [1.29, 1.82) is 0 Å². The third kappa shape index (κ3) is 2.51. The van der Waals surface area contributed by atoms with Gasteiger partial charge in [-0.3, -0.25) is 4.90 Å². The highest BCUT2D eigenvalue weighted by atomic mass is 16.3. The molecular formula is C17H21NO2. The average Bonchev–Trinajstić information content (AvgIpc) is 3.05. The largest absolute Gasteiger partial charge is 0.468 e. The third-order valence-corrected chi connectivity index (χ3v) is 4.24. The van der Waals surface area contributed by atoms with Crippen molar-refractivity contribution in [2.45, 2.75) is 32.4 Å². The molecule has 0 aliphatic heterocycles. The van der Waals surface area contributed by atoms with Crippen LogP contribution in [0.5, 0.6) is 0 Å². The van der Waals surface area contributed by atoms with Crippen LogP contribution in [0.4, 0.5) is 0 Å². The molecule has 0 radical (unpaired) electrons. The van der Waals surface area contributed by atoms with Crippen LogP contribution in [-0.4, -0.2) is 23.2 Å². The van der Waals surface area contributed by atoms with E-state index in [0.717, 1.165) is 25.1 Å². The minimum atomic E-state index is 0.179. The molecule has 1 N–H and O–H groups in total. The van der Waals surface area contributed by atoms with Gasteiger partial charge in [0.2, 0.25) is 0 Å². The lowest BCUT2D eigenvalue weighted by molar-refractivity contribution is 0.133. The molecule has 1 aliphatic carbocycles. The summed E-state index contributed by atoms with van der Waals surface area (Å²) in [6.45, 7) is 3.69. The number of nitrogens with zero attached hydrogens (tertiary/aromatic N) is 1. The standard InChI is InChI=1S/C17H21NO2/c1-13-8-11-20-17(13)12-18(9-10-19)16-7-6-14-4-2-3-5-15(14)16/h2-5,8,11,16,19H,6-7,9-10,12H2,1H3. The first-order valence-corrected chi connectivity index (χ1v) is 7.25. The molecule has 106 valence electrons. The Labute approximate surface area is 119 Å². The Morgan fingerprint density at radius 2 is 2.15 bits per heavy atom. The van der Waals surface area contributed by atoms with E-state index < -0.39 is 0 Å². The molecule has 1 atom stereocenters. The molecule has 0 amide bonds. The molecule has 3 heteroatoms. The zero-order valence-electron chi connectivity index (χ0n) is 11.9. The van der Waals surface area contributed by atoms with Gasteiger partial charge in [-0.25, -0.2) is 0 Å². The van der Waals surface area contributed by atoms with Crippen molar-refractivity contribution >= 4 is 0 Å². The summed E-state index contributed by atoms with van der Waals surface area (Å²) < 4.78 is 5.57. The molecule has 0 spiro atoms. The zero-order chi connectivity index (χ0) is 13.9. The van der Waals surface area contributed by atoms with Crippen LogP contribution in [0.1, 0.15) is 34.9 Å². The van der Waals surface area contributed by atoms with Crippen LogP contribution in [0.25, 0.3) is 0 Å². The van der Waals surface area contributed by atoms with Crippen molar-refractivity contribution < 1.29 is 9.52 Å². The Bertz CT molecular complexity index is 576. The van der Waals surface area contributed by atoms with E-state index in [1.165, 1.54) is 16.7 Å². The van der Waals surface area contributed by atoms with Gasteiger partial charge in [-0.2, -0.15) is 0 Å². The first kappa shape index (κ1) is 13.4. The van der Waals surface area contributed by atoms with Gasteiger partial charge in [0.25, 0.3) is 0 Å². The Morgan fingerprint density at radius 1 is 1.30 bits per heavy atom. The second-order valence-corrected chi connectivity index (χ2v) is 5.47. The highest BCUT2D eigenvalue weighted by molar-refractivity contribution is 5.34. The lowest BCUT2D eigenvalue weighted by Gasteiger charge is -2.28. The molecule has 0 saturated heterocycles. The fraction of sp³-hybridized carbons (Fsp3) is 0.412. The number of benzene rings is 1. The van der Waals surface area contributed by atoms with E-state index in [9.17, 15) is 5.11 Å². The predicted molar refractivity (Wildman–Crippen MR) is 78.4 cm³/mol. The summed E-state index contributed by atoms with van der Waals surface area (Å²) in [6, 6.07) is 11.0. The number of rotatable bonds is 5. The summed E-state index contributed by atoms with van der Waals surface area (Å²) in [5.74, 6) is 1.00. The number of aliphatic hydroxyl groups is 1. The molecule has 1 aromatic carbocycles. The normalized spacial score (nSPS) is 17.6. The molecule has 2 aromatic rings. The van der Waals surface area contributed by atoms with E-state index in [1.807, 2.05) is 6.07 Å². The van der Waals surface area contributed by atoms with Gasteiger partial charge < -0.3 is 9.52 Å². The number of furan rings is 1. The van der Waals surface area contributed by atoms with E-state index in [2.05, 4.69) is 36.1 Å². The molecular weight excluding hydrogens is 250 g/mol. The predicted octanol–water partition coefficient (Wildman–Crippen LogP) is 3.07. The summed E-state index contributed by atoms with van der Waals surface area (Å²) in [6.07, 6.45) is 3.99. The third-order valence-electron chi connectivity index (χ3n) is 4.24. The Hall–Kier alpha value is -1.58. The number of aryl methyl sites for hydroxylation is 2. The summed E-state index contributed by atoms with van der Waals surface area (Å²) in [7, 11) is 0. The van der Waals surface area contributed by atoms with Gasteiger partial charge in [0.15, 0.2) is 0 Å². The Morgan fingerprint density at radius 3 is 2.90 bits per heavy atom. The van der Waals surface area contributed by atoms with E-state index in [-0.39, 0.29) is 6.61 Å². The number of aliphatic hydroxyl groups excluding tert-OH is 1. The summed E-state index contributed by atoms with van der Waals surface area (Å²) >= 11 is 0. The molecule has 1 aliphatic rings. The van der Waals surface area contributed by atoms with Crippen molar-refractivity contribution in [2.75, 3.05) is 13.2 Å². The topological polar surface area (TPSA) is 36.6 Å². The molecule has 1 aromatic heterocycles. The summed E-state index contributed by atoms with van der Waals surface area (Å²) in [5.41, 5.74) is 4.03. The van der Waals surface area contributed by atoms with Gasteiger partial charge in [0, 0.05) is 12.6 Å². The fourth-order valence-corrected chi connectivity index (χ4v) is 3.14. The minimum Gasteiger partial charge on any atom is -0.468 e. The van der Waals surface area contributed by atoms with Gasteiger partial charge in [-0.1, -0.05) is 24.3 Å². The van der Waals surface area contributed by atoms with E-state index in [1.54, 1.807) is 6.26 Å². The van der Waals surface area contributed by atoms with Gasteiger partial charge in [0.05, 0.1) is 19.4 Å². The lowest BCUT2D eigenvalue weighted by atomic mass is 10.1. The first-order chi connectivity index (χ1) is 9.79. The highest BCUT2D eigenvalue weighted by Gasteiger charge is 2.28. The van der Waals surface area contributed by atoms with Crippen LogP contribution >= 0.6 is 0 Å². The van der Waals surface area contributed by atoms with Crippen LogP contribution < -0.4 is 0 Å². The lowest BCUT2D eigenvalue weighted by Crippen LogP contribution is -2.30. The van der Waals surface area contributed by atoms with Crippen molar-refractivity contribution in [3.63, 3.8) is 0 Å². The average molecular weight is 271 g/mol. The molecule has 0 saturated carbocycles. The number of hydrogen-bond donors (Lipinski definition) is 1. The Kier molecular flexibility index (Phi) is 3.90. The molecule has 3 nitrogen and oxygen atoms in total. The maximum Gasteiger partial charge on any atom is 0.120 e. The zero-order valence-corrected chi connectivity index (χ0v) is 11.9. The van der Waals surface area contributed by atoms with E-state index in [0.29, 0.717) is 12.6 Å². The van der Waals surface area contributed by atoms with Gasteiger partial charge in [-0.05, 0) is 42.5 Å². The van der Waals surface area contributed by atoms with Crippen molar-refractivity contribution in [1.82, 2.24) is 4.90 Å². The monoisotopic (exact) mass is 271 g/mol. The second-order valence-electron chi connectivity index (χ2n) is 5.47. The fourth-order valence-electron chi connectivity index (χ4n) is 3.14. The van der Waals surface area contributed by atoms with Crippen LogP contribution in [0.2, 0.25) is 0 Å². The summed E-state index contributed by atoms with van der Waals surface area (Å²) in [4.78, 5) is 2.33. The highest BCUT2D eigenvalue weighted by Crippen LogP contribution is 2.36. The van der Waals surface area contributed by atoms with Crippen molar-refractivity contribution in [2.24, 2.45) is 0 Å². The van der Waals surface area contributed by atoms with Crippen LogP contribution in [0.15, 0.2) is 41.0 Å². The smallest absolute Gasteiger partial charge is 0.120 e. The van der Waals surface area contributed by atoms with Crippen LogP contribution in [0, 0.1) is 6.92 Å². The second kappa shape index (κ2) is 5.81. The molecule has 0 fully saturated rings. The Balaban J connectivity index is 1.83. The quantitative estimate of drug-likeness (QED) is 0.908. The molecule has 3 rings (SSSR count). The first-order valence-electron chi connectivity index (χ1n) is 7.25.